The van der Waals surface area contributed by atoms with Crippen LogP contribution in [0.1, 0.15) is 28.9 Å². The number of nitrogens with zero attached hydrogens (tertiary/aromatic N) is 2. The van der Waals surface area contributed by atoms with Gasteiger partial charge in [0, 0.05) is 37.9 Å². The Labute approximate surface area is 168 Å². The fourth-order valence-electron chi connectivity index (χ4n) is 3.43. The SMILES string of the molecule is Cc1cc(F)ccc1NC(=O)C1CCN(S(=O)(=O)c2cc(C(N)=O)n(C)c2)CC1. The molecule has 0 radical (unpaired) electrons. The maximum atomic E-state index is 13.2. The second-order valence-corrected chi connectivity index (χ2v) is 9.10. The van der Waals surface area contributed by atoms with Crippen LogP contribution in [0, 0.1) is 18.7 Å². The molecular formula is C19H23FN4O4S. The first-order valence-corrected chi connectivity index (χ1v) is 10.6. The van der Waals surface area contributed by atoms with Crippen molar-refractivity contribution in [2.75, 3.05) is 18.4 Å². The number of hydrogen-bond acceptors (Lipinski definition) is 4. The Bertz CT molecular complexity index is 1060. The van der Waals surface area contributed by atoms with Gasteiger partial charge >= 0.3 is 0 Å². The monoisotopic (exact) mass is 422 g/mol. The van der Waals surface area contributed by atoms with E-state index in [1.54, 1.807) is 14.0 Å². The number of hydrogen-bond donors (Lipinski definition) is 2. The minimum atomic E-state index is -3.79. The standard InChI is InChI=1S/C19H23FN4O4S/c1-12-9-14(20)3-4-16(12)22-19(26)13-5-7-24(8-6-13)29(27,28)15-10-17(18(21)25)23(2)11-15/h3-4,9-11,13H,5-8H2,1-2H3,(H2,21,25)(H,22,26). The number of carbonyl (C=O) groups excluding carboxylic acids is 2. The molecule has 1 aliphatic heterocycles. The van der Waals surface area contributed by atoms with Crippen LogP contribution in [0.4, 0.5) is 10.1 Å². The normalized spacial score (nSPS) is 16.0. The van der Waals surface area contributed by atoms with Gasteiger partial charge in [0.15, 0.2) is 0 Å². The Morgan fingerprint density at radius 1 is 1.21 bits per heavy atom. The molecule has 2 amide bonds. The van der Waals surface area contributed by atoms with E-state index in [2.05, 4.69) is 5.32 Å². The van der Waals surface area contributed by atoms with Gasteiger partial charge in [0.25, 0.3) is 5.91 Å². The van der Waals surface area contributed by atoms with Gasteiger partial charge in [0.2, 0.25) is 15.9 Å². The molecule has 0 saturated carbocycles. The highest BCUT2D eigenvalue weighted by molar-refractivity contribution is 7.89. The van der Waals surface area contributed by atoms with E-state index >= 15 is 0 Å². The van der Waals surface area contributed by atoms with Gasteiger partial charge in [-0.05, 0) is 49.6 Å². The smallest absolute Gasteiger partial charge is 0.265 e. The molecule has 3 rings (SSSR count). The van der Waals surface area contributed by atoms with E-state index in [1.807, 2.05) is 0 Å². The quantitative estimate of drug-likeness (QED) is 0.762. The van der Waals surface area contributed by atoms with Crippen molar-refractivity contribution in [1.82, 2.24) is 8.87 Å². The summed E-state index contributed by atoms with van der Waals surface area (Å²) in [6, 6.07) is 5.38. The van der Waals surface area contributed by atoms with Crippen LogP contribution in [0.2, 0.25) is 0 Å². The van der Waals surface area contributed by atoms with Gasteiger partial charge in [-0.2, -0.15) is 4.31 Å². The number of primary amides is 1. The van der Waals surface area contributed by atoms with Crippen LogP contribution in [-0.2, 0) is 21.9 Å². The predicted octanol–water partition coefficient (Wildman–Crippen LogP) is 1.61. The summed E-state index contributed by atoms with van der Waals surface area (Å²) in [5.41, 5.74) is 6.51. The fourth-order valence-corrected chi connectivity index (χ4v) is 4.97. The van der Waals surface area contributed by atoms with Gasteiger partial charge in [-0.1, -0.05) is 0 Å². The molecule has 0 spiro atoms. The molecule has 0 unspecified atom stereocenters. The van der Waals surface area contributed by atoms with Crippen molar-refractivity contribution in [3.63, 3.8) is 0 Å². The number of aryl methyl sites for hydroxylation is 2. The number of carbonyl (C=O) groups is 2. The van der Waals surface area contributed by atoms with Gasteiger partial charge in [-0.15, -0.1) is 0 Å². The number of halogens is 1. The zero-order valence-electron chi connectivity index (χ0n) is 16.2. The zero-order chi connectivity index (χ0) is 21.3. The van der Waals surface area contributed by atoms with Crippen molar-refractivity contribution in [1.29, 1.82) is 0 Å². The topological polar surface area (TPSA) is 114 Å². The molecule has 1 fully saturated rings. The summed E-state index contributed by atoms with van der Waals surface area (Å²) in [5, 5.41) is 2.79. The Balaban J connectivity index is 1.65. The molecule has 10 heteroatoms. The van der Waals surface area contributed by atoms with Crippen LogP contribution >= 0.6 is 0 Å². The lowest BCUT2D eigenvalue weighted by Gasteiger charge is -2.30. The molecule has 29 heavy (non-hydrogen) atoms. The van der Waals surface area contributed by atoms with E-state index in [4.69, 9.17) is 5.73 Å². The highest BCUT2D eigenvalue weighted by Gasteiger charge is 2.33. The molecule has 0 atom stereocenters. The molecule has 1 aliphatic rings. The Hall–Kier alpha value is -2.72. The molecule has 1 aromatic heterocycles. The highest BCUT2D eigenvalue weighted by Crippen LogP contribution is 2.26. The number of amides is 2. The lowest BCUT2D eigenvalue weighted by atomic mass is 9.97. The minimum Gasteiger partial charge on any atom is -0.364 e. The van der Waals surface area contributed by atoms with Gasteiger partial charge in [-0.3, -0.25) is 9.59 Å². The molecule has 8 nitrogen and oxygen atoms in total. The lowest BCUT2D eigenvalue weighted by molar-refractivity contribution is -0.120. The van der Waals surface area contributed by atoms with E-state index in [-0.39, 0.29) is 41.3 Å². The van der Waals surface area contributed by atoms with Crippen molar-refractivity contribution in [2.24, 2.45) is 18.7 Å². The van der Waals surface area contributed by atoms with Crippen LogP contribution in [0.25, 0.3) is 0 Å². The molecule has 3 N–H and O–H groups in total. The van der Waals surface area contributed by atoms with E-state index < -0.39 is 15.9 Å². The second kappa shape index (κ2) is 7.96. The number of nitrogens with one attached hydrogen (secondary N) is 1. The molecule has 156 valence electrons. The minimum absolute atomic E-state index is 0.00126. The van der Waals surface area contributed by atoms with Crippen molar-refractivity contribution >= 4 is 27.5 Å². The Morgan fingerprint density at radius 3 is 2.41 bits per heavy atom. The average Bonchev–Trinajstić information content (AvgIpc) is 3.07. The second-order valence-electron chi connectivity index (χ2n) is 7.16. The van der Waals surface area contributed by atoms with E-state index in [0.717, 1.165) is 0 Å². The summed E-state index contributed by atoms with van der Waals surface area (Å²) >= 11 is 0. The fraction of sp³-hybridized carbons (Fsp3) is 0.368. The van der Waals surface area contributed by atoms with E-state index in [0.29, 0.717) is 24.1 Å². The summed E-state index contributed by atoms with van der Waals surface area (Å²) in [5.74, 6) is -1.64. The van der Waals surface area contributed by atoms with Gasteiger partial charge in [0.1, 0.15) is 16.4 Å². The summed E-state index contributed by atoms with van der Waals surface area (Å²) in [6.45, 7) is 2.07. The third kappa shape index (κ3) is 4.33. The first-order chi connectivity index (χ1) is 13.6. The summed E-state index contributed by atoms with van der Waals surface area (Å²) < 4.78 is 41.6. The van der Waals surface area contributed by atoms with Crippen molar-refractivity contribution < 1.29 is 22.4 Å². The summed E-state index contributed by atoms with van der Waals surface area (Å²) in [6.07, 6.45) is 2.08. The van der Waals surface area contributed by atoms with Crippen LogP contribution in [0.15, 0.2) is 35.4 Å². The van der Waals surface area contributed by atoms with Crippen LogP contribution < -0.4 is 11.1 Å². The molecule has 0 aliphatic carbocycles. The van der Waals surface area contributed by atoms with Gasteiger partial charge in [0.05, 0.1) is 0 Å². The number of rotatable bonds is 5. The maximum Gasteiger partial charge on any atom is 0.265 e. The predicted molar refractivity (Wildman–Crippen MR) is 105 cm³/mol. The number of anilines is 1. The molecule has 1 saturated heterocycles. The first kappa shape index (κ1) is 21.0. The first-order valence-electron chi connectivity index (χ1n) is 9.13. The molecule has 2 heterocycles. The maximum absolute atomic E-state index is 13.2. The van der Waals surface area contributed by atoms with E-state index in [9.17, 15) is 22.4 Å². The van der Waals surface area contributed by atoms with Gasteiger partial charge in [-0.25, -0.2) is 12.8 Å². The Kier molecular flexibility index (Phi) is 5.76. The number of nitrogens with two attached hydrogens (primary N) is 1. The molecule has 2 aromatic rings. The number of aromatic nitrogens is 1. The third-order valence-corrected chi connectivity index (χ3v) is 7.01. The third-order valence-electron chi connectivity index (χ3n) is 5.14. The Morgan fingerprint density at radius 2 is 1.86 bits per heavy atom. The van der Waals surface area contributed by atoms with Crippen molar-refractivity contribution in [2.45, 2.75) is 24.7 Å². The van der Waals surface area contributed by atoms with Crippen LogP contribution in [0.5, 0.6) is 0 Å². The molecule has 1 aromatic carbocycles. The van der Waals surface area contributed by atoms with Crippen molar-refractivity contribution in [3.05, 3.63) is 47.5 Å². The summed E-state index contributed by atoms with van der Waals surface area (Å²) in [7, 11) is -2.24. The number of piperidine rings is 1. The van der Waals surface area contributed by atoms with E-state index in [1.165, 1.54) is 39.3 Å². The van der Waals surface area contributed by atoms with Gasteiger partial charge < -0.3 is 15.6 Å². The highest BCUT2D eigenvalue weighted by atomic mass is 32.2. The van der Waals surface area contributed by atoms with Crippen LogP contribution in [-0.4, -0.2) is 42.2 Å². The van der Waals surface area contributed by atoms with Crippen LogP contribution in [0.3, 0.4) is 0 Å². The summed E-state index contributed by atoms with van der Waals surface area (Å²) in [4.78, 5) is 23.9. The zero-order valence-corrected chi connectivity index (χ0v) is 17.0. The average molecular weight is 422 g/mol. The largest absolute Gasteiger partial charge is 0.364 e. The number of benzene rings is 1. The number of sulfonamides is 1. The molecular weight excluding hydrogens is 399 g/mol. The molecule has 0 bridgehead atoms. The lowest BCUT2D eigenvalue weighted by Crippen LogP contribution is -2.41. The van der Waals surface area contributed by atoms with Crippen molar-refractivity contribution in [3.8, 4) is 0 Å².